The molecule has 0 bridgehead atoms. The molecule has 0 aromatic carbocycles. The highest BCUT2D eigenvalue weighted by Crippen LogP contribution is 2.41. The fraction of sp³-hybridized carbons (Fsp3) is 0.885. The first-order valence-corrected chi connectivity index (χ1v) is 12.6. The third kappa shape index (κ3) is 10.9. The Morgan fingerprint density at radius 1 is 0.900 bits per heavy atom. The van der Waals surface area contributed by atoms with Crippen molar-refractivity contribution in [1.82, 2.24) is 0 Å². The monoisotopic (exact) mass is 424 g/mol. The van der Waals surface area contributed by atoms with Gasteiger partial charge in [0.1, 0.15) is 0 Å². The van der Waals surface area contributed by atoms with Crippen LogP contribution in [0.3, 0.4) is 0 Å². The van der Waals surface area contributed by atoms with Crippen molar-refractivity contribution in [2.75, 3.05) is 6.61 Å². The Balaban J connectivity index is 1.90. The van der Waals surface area contributed by atoms with Gasteiger partial charge in [0.2, 0.25) is 0 Å². The van der Waals surface area contributed by atoms with Gasteiger partial charge in [-0.3, -0.25) is 4.79 Å². The van der Waals surface area contributed by atoms with E-state index in [1.165, 1.54) is 70.6 Å². The molecule has 1 saturated carbocycles. The number of carbonyl (C=O) groups excluding carboxylic acids is 1. The third-order valence-corrected chi connectivity index (χ3v) is 6.69. The van der Waals surface area contributed by atoms with Gasteiger partial charge in [-0.15, -0.1) is 0 Å². The number of carbonyl (C=O) groups is 1. The van der Waals surface area contributed by atoms with Crippen LogP contribution < -0.4 is 0 Å². The first-order valence-electron chi connectivity index (χ1n) is 12.6. The summed E-state index contributed by atoms with van der Waals surface area (Å²) in [7, 11) is 0. The molecule has 1 aliphatic carbocycles. The highest BCUT2D eigenvalue weighted by Gasteiger charge is 2.48. The maximum absolute atomic E-state index is 11.9. The molecule has 0 aliphatic heterocycles. The minimum atomic E-state index is -0.625. The molecule has 0 radical (unpaired) electrons. The summed E-state index contributed by atoms with van der Waals surface area (Å²) in [5, 5.41) is 20.3. The molecule has 4 heteroatoms. The zero-order chi connectivity index (χ0) is 22.2. The van der Waals surface area contributed by atoms with E-state index in [1.807, 2.05) is 13.8 Å². The number of ether oxygens (including phenoxy) is 1. The lowest BCUT2D eigenvalue weighted by atomic mass is 9.86. The molecule has 2 N–H and O–H groups in total. The topological polar surface area (TPSA) is 66.8 Å². The molecule has 0 saturated heterocycles. The van der Waals surface area contributed by atoms with E-state index in [4.69, 9.17) is 4.74 Å². The Bertz CT molecular complexity index is 472. The average molecular weight is 425 g/mol. The zero-order valence-corrected chi connectivity index (χ0v) is 19.9. The minimum absolute atomic E-state index is 0.159. The van der Waals surface area contributed by atoms with Gasteiger partial charge in [-0.1, -0.05) is 84.3 Å². The van der Waals surface area contributed by atoms with E-state index in [2.05, 4.69) is 19.1 Å². The van der Waals surface area contributed by atoms with Crippen molar-refractivity contribution in [2.24, 2.45) is 11.3 Å². The van der Waals surface area contributed by atoms with Crippen LogP contribution in [-0.4, -0.2) is 35.0 Å². The van der Waals surface area contributed by atoms with E-state index in [9.17, 15) is 15.0 Å². The van der Waals surface area contributed by atoms with Crippen LogP contribution in [0.2, 0.25) is 0 Å². The second kappa shape index (κ2) is 15.9. The Labute approximate surface area is 185 Å². The number of allylic oxidation sites excluding steroid dienone is 2. The van der Waals surface area contributed by atoms with Crippen LogP contribution in [0, 0.1) is 11.3 Å². The van der Waals surface area contributed by atoms with Crippen molar-refractivity contribution in [3.05, 3.63) is 12.2 Å². The second-order valence-corrected chi connectivity index (χ2v) is 9.80. The van der Waals surface area contributed by atoms with Crippen LogP contribution >= 0.6 is 0 Å². The van der Waals surface area contributed by atoms with Crippen LogP contribution in [0.25, 0.3) is 0 Å². The number of aliphatic hydroxyl groups is 2. The standard InChI is InChI=1S/C26H48O4/c1-4-5-6-7-8-9-10-11-12-13-14-15-16-17-18-19-24(28)30-21-22-20-23(27)26(2,3)25(22)29/h11-12,22-23,25,27,29H,4-10,13-21H2,1-3H3/b12-11-. The molecule has 0 aromatic rings. The van der Waals surface area contributed by atoms with Gasteiger partial charge in [0, 0.05) is 17.8 Å². The predicted molar refractivity (Wildman–Crippen MR) is 124 cm³/mol. The lowest BCUT2D eigenvalue weighted by Gasteiger charge is -2.27. The van der Waals surface area contributed by atoms with Gasteiger partial charge >= 0.3 is 5.97 Å². The molecule has 3 atom stereocenters. The highest BCUT2D eigenvalue weighted by atomic mass is 16.5. The maximum Gasteiger partial charge on any atom is 0.305 e. The number of hydrogen-bond acceptors (Lipinski definition) is 4. The summed E-state index contributed by atoms with van der Waals surface area (Å²) in [6, 6.07) is 0. The summed E-state index contributed by atoms with van der Waals surface area (Å²) in [6.07, 6.45) is 20.6. The summed E-state index contributed by atoms with van der Waals surface area (Å²) >= 11 is 0. The normalized spacial score (nSPS) is 23.3. The summed E-state index contributed by atoms with van der Waals surface area (Å²) in [5.74, 6) is -0.341. The molecule has 0 spiro atoms. The number of aliphatic hydroxyl groups excluding tert-OH is 2. The van der Waals surface area contributed by atoms with Crippen molar-refractivity contribution in [3.8, 4) is 0 Å². The number of rotatable bonds is 17. The molecule has 1 rings (SSSR count). The predicted octanol–water partition coefficient (Wildman–Crippen LogP) is 6.34. The smallest absolute Gasteiger partial charge is 0.305 e. The molecule has 30 heavy (non-hydrogen) atoms. The van der Waals surface area contributed by atoms with Crippen LogP contribution in [0.4, 0.5) is 0 Å². The van der Waals surface area contributed by atoms with Crippen molar-refractivity contribution in [2.45, 2.75) is 129 Å². The van der Waals surface area contributed by atoms with Gasteiger partial charge in [-0.05, 0) is 38.5 Å². The van der Waals surface area contributed by atoms with Crippen molar-refractivity contribution >= 4 is 5.97 Å². The van der Waals surface area contributed by atoms with E-state index in [0.717, 1.165) is 12.8 Å². The summed E-state index contributed by atoms with van der Waals surface area (Å²) in [4.78, 5) is 11.9. The molecule has 0 amide bonds. The van der Waals surface area contributed by atoms with Gasteiger partial charge in [-0.2, -0.15) is 0 Å². The number of hydrogen-bond donors (Lipinski definition) is 2. The summed E-state index contributed by atoms with van der Waals surface area (Å²) in [5.41, 5.74) is -0.527. The Morgan fingerprint density at radius 2 is 1.43 bits per heavy atom. The molecule has 0 heterocycles. The SMILES string of the molecule is CCCCCCCC/C=C\CCCCCCCC(=O)OCC1CC(O)C(C)(C)C1O. The van der Waals surface area contributed by atoms with E-state index in [-0.39, 0.29) is 18.5 Å². The van der Waals surface area contributed by atoms with Crippen LogP contribution in [0.1, 0.15) is 117 Å². The molecule has 4 nitrogen and oxygen atoms in total. The second-order valence-electron chi connectivity index (χ2n) is 9.80. The summed E-state index contributed by atoms with van der Waals surface area (Å²) in [6.45, 7) is 6.19. The van der Waals surface area contributed by atoms with Gasteiger partial charge in [-0.25, -0.2) is 0 Å². The van der Waals surface area contributed by atoms with E-state index in [0.29, 0.717) is 12.8 Å². The molecular weight excluding hydrogens is 376 g/mol. The highest BCUT2D eigenvalue weighted by molar-refractivity contribution is 5.69. The van der Waals surface area contributed by atoms with Crippen molar-refractivity contribution in [1.29, 1.82) is 0 Å². The minimum Gasteiger partial charge on any atom is -0.465 e. The lowest BCUT2D eigenvalue weighted by Crippen LogP contribution is -2.35. The third-order valence-electron chi connectivity index (χ3n) is 6.69. The first-order chi connectivity index (χ1) is 14.4. The first kappa shape index (κ1) is 27.2. The van der Waals surface area contributed by atoms with Crippen LogP contribution in [0.5, 0.6) is 0 Å². The molecule has 3 unspecified atom stereocenters. The van der Waals surface area contributed by atoms with Gasteiger partial charge in [0.15, 0.2) is 0 Å². The molecular formula is C26H48O4. The van der Waals surface area contributed by atoms with Gasteiger partial charge < -0.3 is 14.9 Å². The maximum atomic E-state index is 11.9. The van der Waals surface area contributed by atoms with Crippen molar-refractivity contribution < 1.29 is 19.7 Å². The largest absolute Gasteiger partial charge is 0.465 e. The van der Waals surface area contributed by atoms with Crippen molar-refractivity contribution in [3.63, 3.8) is 0 Å². The van der Waals surface area contributed by atoms with Crippen LogP contribution in [0.15, 0.2) is 12.2 Å². The summed E-state index contributed by atoms with van der Waals surface area (Å²) < 4.78 is 5.34. The van der Waals surface area contributed by atoms with Gasteiger partial charge in [0.25, 0.3) is 0 Å². The lowest BCUT2D eigenvalue weighted by molar-refractivity contribution is -0.146. The van der Waals surface area contributed by atoms with E-state index < -0.39 is 17.6 Å². The Morgan fingerprint density at radius 3 is 1.97 bits per heavy atom. The number of unbranched alkanes of at least 4 members (excludes halogenated alkanes) is 11. The average Bonchev–Trinajstić information content (AvgIpc) is 2.91. The van der Waals surface area contributed by atoms with E-state index in [1.54, 1.807) is 0 Å². The number of esters is 1. The fourth-order valence-electron chi connectivity index (χ4n) is 4.30. The van der Waals surface area contributed by atoms with Crippen LogP contribution in [-0.2, 0) is 9.53 Å². The molecule has 176 valence electrons. The Hall–Kier alpha value is -0.870. The quantitative estimate of drug-likeness (QED) is 0.162. The molecule has 0 aromatic heterocycles. The van der Waals surface area contributed by atoms with Gasteiger partial charge in [0.05, 0.1) is 18.8 Å². The molecule has 1 fully saturated rings. The molecule has 1 aliphatic rings. The Kier molecular flexibility index (Phi) is 14.4. The zero-order valence-electron chi connectivity index (χ0n) is 19.9. The van der Waals surface area contributed by atoms with E-state index >= 15 is 0 Å². The fourth-order valence-corrected chi connectivity index (χ4v) is 4.30.